The number of benzene rings is 2. The lowest BCUT2D eigenvalue weighted by atomic mass is 10.1. The predicted octanol–water partition coefficient (Wildman–Crippen LogP) is 4.88. The molecule has 1 heterocycles. The van der Waals surface area contributed by atoms with Gasteiger partial charge in [0.05, 0.1) is 16.7 Å². The van der Waals surface area contributed by atoms with Crippen LogP contribution in [0, 0.1) is 0 Å². The van der Waals surface area contributed by atoms with E-state index in [0.29, 0.717) is 40.3 Å². The van der Waals surface area contributed by atoms with Crippen molar-refractivity contribution in [2.75, 3.05) is 13.2 Å². The average Bonchev–Trinajstić information content (AvgIpc) is 2.96. The zero-order valence-electron chi connectivity index (χ0n) is 16.0. The summed E-state index contributed by atoms with van der Waals surface area (Å²) in [5, 5.41) is 3.53. The van der Waals surface area contributed by atoms with Crippen molar-refractivity contribution in [1.82, 2.24) is 10.2 Å². The Hall–Kier alpha value is -2.70. The molecule has 0 radical (unpaired) electrons. The minimum atomic E-state index is -0.421. The summed E-state index contributed by atoms with van der Waals surface area (Å²) in [4.78, 5) is 25.2. The molecule has 6 nitrogen and oxygen atoms in total. The van der Waals surface area contributed by atoms with Crippen molar-refractivity contribution in [2.24, 2.45) is 0 Å². The van der Waals surface area contributed by atoms with Crippen molar-refractivity contribution in [3.8, 4) is 11.5 Å². The lowest BCUT2D eigenvalue weighted by Crippen LogP contribution is -2.30. The number of imide groups is 1. The number of carbonyl (C=O) groups is 2. The summed E-state index contributed by atoms with van der Waals surface area (Å²) in [6.45, 7) is 4.66. The summed E-state index contributed by atoms with van der Waals surface area (Å²) in [5.74, 6) is 0.735. The van der Waals surface area contributed by atoms with Gasteiger partial charge in [-0.25, -0.2) is 4.79 Å². The summed E-state index contributed by atoms with van der Waals surface area (Å²) in [5.41, 5.74) is 1.80. The molecule has 2 aromatic rings. The van der Waals surface area contributed by atoms with Gasteiger partial charge >= 0.3 is 6.03 Å². The molecule has 3 rings (SSSR count). The fourth-order valence-electron chi connectivity index (χ4n) is 2.82. The zero-order valence-corrected chi connectivity index (χ0v) is 17.5. The van der Waals surface area contributed by atoms with Gasteiger partial charge in [0.15, 0.2) is 11.5 Å². The smallest absolute Gasteiger partial charge is 0.328 e. The summed E-state index contributed by atoms with van der Waals surface area (Å²) in [6.07, 6.45) is 1.61. The van der Waals surface area contributed by atoms with E-state index in [2.05, 4.69) is 5.32 Å². The molecule has 0 spiro atoms. The van der Waals surface area contributed by atoms with Crippen molar-refractivity contribution < 1.29 is 19.1 Å². The number of likely N-dealkylation sites (N-methyl/N-ethyl adjacent to an activating group) is 1. The number of carbonyl (C=O) groups excluding carboxylic acids is 2. The fraction of sp³-hybridized carbons (Fsp3) is 0.238. The van der Waals surface area contributed by atoms with Gasteiger partial charge < -0.3 is 14.8 Å². The number of hydrogen-bond acceptors (Lipinski definition) is 4. The van der Waals surface area contributed by atoms with Crippen molar-refractivity contribution in [3.05, 3.63) is 63.3 Å². The zero-order chi connectivity index (χ0) is 21.0. The van der Waals surface area contributed by atoms with Crippen LogP contribution >= 0.6 is 23.2 Å². The predicted molar refractivity (Wildman–Crippen MR) is 112 cm³/mol. The van der Waals surface area contributed by atoms with Crippen molar-refractivity contribution in [2.45, 2.75) is 20.5 Å². The van der Waals surface area contributed by atoms with Gasteiger partial charge in [-0.1, -0.05) is 35.3 Å². The third-order valence-electron chi connectivity index (χ3n) is 4.24. The molecule has 0 unspecified atom stereocenters. The van der Waals surface area contributed by atoms with Crippen LogP contribution < -0.4 is 14.8 Å². The minimum Gasteiger partial charge on any atom is -0.490 e. The number of rotatable bonds is 7. The molecule has 0 aromatic heterocycles. The Kier molecular flexibility index (Phi) is 6.67. The number of halogens is 2. The van der Waals surface area contributed by atoms with Gasteiger partial charge in [0.25, 0.3) is 5.91 Å². The van der Waals surface area contributed by atoms with Gasteiger partial charge in [0.2, 0.25) is 0 Å². The number of nitrogens with zero attached hydrogens (tertiary/aromatic N) is 1. The van der Waals surface area contributed by atoms with Crippen LogP contribution in [0.25, 0.3) is 6.08 Å². The maximum absolute atomic E-state index is 12.2. The first-order valence-electron chi connectivity index (χ1n) is 9.11. The van der Waals surface area contributed by atoms with Crippen LogP contribution in [0.3, 0.4) is 0 Å². The van der Waals surface area contributed by atoms with E-state index in [1.54, 1.807) is 43.3 Å². The van der Waals surface area contributed by atoms with Gasteiger partial charge in [-0.2, -0.15) is 0 Å². The van der Waals surface area contributed by atoms with Gasteiger partial charge in [-0.15, -0.1) is 0 Å². The molecule has 0 saturated carbocycles. The van der Waals surface area contributed by atoms with E-state index in [1.807, 2.05) is 13.0 Å². The Balaban J connectivity index is 1.80. The van der Waals surface area contributed by atoms with Crippen LogP contribution in [-0.4, -0.2) is 30.0 Å². The molecular formula is C21H20Cl2N2O4. The van der Waals surface area contributed by atoms with Gasteiger partial charge in [-0.05, 0) is 55.3 Å². The largest absolute Gasteiger partial charge is 0.490 e. The van der Waals surface area contributed by atoms with Gasteiger partial charge in [-0.3, -0.25) is 9.69 Å². The molecule has 0 atom stereocenters. The van der Waals surface area contributed by atoms with E-state index in [-0.39, 0.29) is 18.2 Å². The molecule has 8 heteroatoms. The van der Waals surface area contributed by atoms with Crippen LogP contribution in [0.5, 0.6) is 11.5 Å². The minimum absolute atomic E-state index is 0.226. The third kappa shape index (κ3) is 4.83. The maximum atomic E-state index is 12.2. The Bertz CT molecular complexity index is 975. The summed E-state index contributed by atoms with van der Waals surface area (Å²) in [7, 11) is 0. The second-order valence-electron chi connectivity index (χ2n) is 6.21. The van der Waals surface area contributed by atoms with E-state index in [1.165, 1.54) is 0 Å². The molecule has 1 fully saturated rings. The number of amides is 3. The first-order valence-corrected chi connectivity index (χ1v) is 9.86. The molecule has 1 aliphatic rings. The lowest BCUT2D eigenvalue weighted by Gasteiger charge is -2.13. The highest BCUT2D eigenvalue weighted by molar-refractivity contribution is 6.42. The molecule has 0 aliphatic carbocycles. The SMILES string of the molecule is CCOc1cc(/C=C2/NC(=O)N(CC)C2=O)ccc1OCc1ccc(Cl)c(Cl)c1. The molecule has 29 heavy (non-hydrogen) atoms. The second-order valence-corrected chi connectivity index (χ2v) is 7.03. The Morgan fingerprint density at radius 2 is 1.79 bits per heavy atom. The number of hydrogen-bond donors (Lipinski definition) is 1. The average molecular weight is 435 g/mol. The first kappa shape index (κ1) is 21.0. The van der Waals surface area contributed by atoms with E-state index in [9.17, 15) is 9.59 Å². The first-order chi connectivity index (χ1) is 13.9. The lowest BCUT2D eigenvalue weighted by molar-refractivity contribution is -0.122. The highest BCUT2D eigenvalue weighted by Crippen LogP contribution is 2.31. The topological polar surface area (TPSA) is 67.9 Å². The molecular weight excluding hydrogens is 415 g/mol. The van der Waals surface area contributed by atoms with Crippen LogP contribution in [0.2, 0.25) is 10.0 Å². The van der Waals surface area contributed by atoms with Crippen molar-refractivity contribution >= 4 is 41.2 Å². The van der Waals surface area contributed by atoms with E-state index < -0.39 is 6.03 Å². The quantitative estimate of drug-likeness (QED) is 0.497. The standard InChI is InChI=1S/C21H20Cl2N2O4/c1-3-25-20(26)17(24-21(25)27)10-13-6-8-18(19(11-13)28-4-2)29-12-14-5-7-15(22)16(23)9-14/h5-11H,3-4,12H2,1-2H3,(H,24,27)/b17-10+. The second kappa shape index (κ2) is 9.20. The highest BCUT2D eigenvalue weighted by atomic mass is 35.5. The normalized spacial score (nSPS) is 15.0. The maximum Gasteiger partial charge on any atom is 0.328 e. The number of urea groups is 1. The van der Waals surface area contributed by atoms with E-state index in [0.717, 1.165) is 10.5 Å². The number of ether oxygens (including phenoxy) is 2. The summed E-state index contributed by atoms with van der Waals surface area (Å²) >= 11 is 12.0. The van der Waals surface area contributed by atoms with E-state index >= 15 is 0 Å². The molecule has 0 bridgehead atoms. The summed E-state index contributed by atoms with van der Waals surface area (Å²) < 4.78 is 11.6. The molecule has 1 saturated heterocycles. The summed E-state index contributed by atoms with van der Waals surface area (Å²) in [6, 6.07) is 10.2. The van der Waals surface area contributed by atoms with Crippen LogP contribution in [0.1, 0.15) is 25.0 Å². The Labute approximate surface area is 179 Å². The number of nitrogens with one attached hydrogen (secondary N) is 1. The van der Waals surface area contributed by atoms with E-state index in [4.69, 9.17) is 32.7 Å². The van der Waals surface area contributed by atoms with Gasteiger partial charge in [0.1, 0.15) is 12.3 Å². The third-order valence-corrected chi connectivity index (χ3v) is 4.97. The molecule has 152 valence electrons. The van der Waals surface area contributed by atoms with Gasteiger partial charge in [0, 0.05) is 6.54 Å². The van der Waals surface area contributed by atoms with Crippen LogP contribution in [0.4, 0.5) is 4.79 Å². The Morgan fingerprint density at radius 3 is 2.45 bits per heavy atom. The van der Waals surface area contributed by atoms with Crippen molar-refractivity contribution in [1.29, 1.82) is 0 Å². The van der Waals surface area contributed by atoms with Crippen molar-refractivity contribution in [3.63, 3.8) is 0 Å². The fourth-order valence-corrected chi connectivity index (χ4v) is 3.14. The molecule has 2 aromatic carbocycles. The monoisotopic (exact) mass is 434 g/mol. The van der Waals surface area contributed by atoms with Crippen LogP contribution in [-0.2, 0) is 11.4 Å². The molecule has 3 amide bonds. The Morgan fingerprint density at radius 1 is 1.00 bits per heavy atom. The van der Waals surface area contributed by atoms with Crippen LogP contribution in [0.15, 0.2) is 42.1 Å². The molecule has 1 aliphatic heterocycles. The molecule has 1 N–H and O–H groups in total. The highest BCUT2D eigenvalue weighted by Gasteiger charge is 2.32.